The van der Waals surface area contributed by atoms with Gasteiger partial charge in [-0.1, -0.05) is 73.0 Å². The maximum absolute atomic E-state index is 13.4. The van der Waals surface area contributed by atoms with Crippen molar-refractivity contribution in [3.05, 3.63) is 70.7 Å². The molecule has 0 radical (unpaired) electrons. The third-order valence-electron chi connectivity index (χ3n) is 7.43. The lowest BCUT2D eigenvalue weighted by Gasteiger charge is -2.33. The van der Waals surface area contributed by atoms with E-state index in [1.165, 1.54) is 0 Å². The highest BCUT2D eigenvalue weighted by Crippen LogP contribution is 2.47. The van der Waals surface area contributed by atoms with Crippen LogP contribution in [0.3, 0.4) is 0 Å². The second-order valence-corrected chi connectivity index (χ2v) is 9.63. The molecule has 4 atom stereocenters. The van der Waals surface area contributed by atoms with Crippen LogP contribution in [0.1, 0.15) is 36.8 Å². The lowest BCUT2D eigenvalue weighted by atomic mass is 9.79. The number of likely N-dealkylation sites (tertiary alicyclic amines) is 1. The smallest absolute Gasteiger partial charge is 0.257 e. The molecule has 5 rings (SSSR count). The van der Waals surface area contributed by atoms with Gasteiger partial charge >= 0.3 is 0 Å². The molecule has 2 saturated carbocycles. The van der Waals surface area contributed by atoms with Crippen molar-refractivity contribution in [3.8, 4) is 0 Å². The summed E-state index contributed by atoms with van der Waals surface area (Å²) in [7, 11) is 0. The van der Waals surface area contributed by atoms with Crippen LogP contribution in [0.2, 0.25) is 5.02 Å². The first-order valence-electron chi connectivity index (χ1n) is 11.1. The van der Waals surface area contributed by atoms with Crippen LogP contribution in [0.15, 0.2) is 54.6 Å². The standard InChI is InChI=1S/C25H29ClN2O2/c26-22-13-7-4-8-17(22)14-28-15-20-21(16-28)23(20)27-24(29)25(30,19-11-5-6-12-19)18-9-2-1-3-10-18/h1-4,7-10,13,19-21,23,30H,5-6,11-12,14-16H2,(H,27,29)/t20-,21+,23?,25?. The number of halogens is 1. The van der Waals surface area contributed by atoms with Crippen molar-refractivity contribution in [2.45, 2.75) is 43.9 Å². The van der Waals surface area contributed by atoms with Gasteiger partial charge in [0.1, 0.15) is 0 Å². The maximum Gasteiger partial charge on any atom is 0.257 e. The predicted octanol–water partition coefficient (Wildman–Crippen LogP) is 3.96. The van der Waals surface area contributed by atoms with Crippen molar-refractivity contribution in [1.29, 1.82) is 0 Å². The minimum absolute atomic E-state index is 0.00443. The molecule has 3 aliphatic rings. The van der Waals surface area contributed by atoms with E-state index in [1.807, 2.05) is 48.5 Å². The number of nitrogens with one attached hydrogen (secondary N) is 1. The highest BCUT2D eigenvalue weighted by Gasteiger charge is 2.58. The number of hydrogen-bond acceptors (Lipinski definition) is 3. The van der Waals surface area contributed by atoms with Crippen molar-refractivity contribution in [2.75, 3.05) is 13.1 Å². The molecular formula is C25H29ClN2O2. The monoisotopic (exact) mass is 424 g/mol. The van der Waals surface area contributed by atoms with Gasteiger partial charge in [-0.15, -0.1) is 0 Å². The van der Waals surface area contributed by atoms with Gasteiger partial charge < -0.3 is 10.4 Å². The van der Waals surface area contributed by atoms with Crippen LogP contribution in [0, 0.1) is 17.8 Å². The number of benzene rings is 2. The quantitative estimate of drug-likeness (QED) is 0.737. The van der Waals surface area contributed by atoms with E-state index in [9.17, 15) is 9.90 Å². The summed E-state index contributed by atoms with van der Waals surface area (Å²) in [4.78, 5) is 15.8. The van der Waals surface area contributed by atoms with Gasteiger partial charge in [-0.2, -0.15) is 0 Å². The number of hydrogen-bond donors (Lipinski definition) is 2. The average molecular weight is 425 g/mol. The van der Waals surface area contributed by atoms with Gasteiger partial charge in [0.05, 0.1) is 0 Å². The molecule has 1 heterocycles. The van der Waals surface area contributed by atoms with E-state index in [4.69, 9.17) is 11.6 Å². The summed E-state index contributed by atoms with van der Waals surface area (Å²) in [6.07, 6.45) is 3.97. The molecule has 30 heavy (non-hydrogen) atoms. The van der Waals surface area contributed by atoms with Crippen LogP contribution in [0.4, 0.5) is 0 Å². The molecule has 5 heteroatoms. The Hall–Kier alpha value is -1.88. The minimum Gasteiger partial charge on any atom is -0.375 e. The normalized spacial score (nSPS) is 28.1. The second kappa shape index (κ2) is 7.99. The van der Waals surface area contributed by atoms with Crippen LogP contribution in [-0.4, -0.2) is 35.0 Å². The van der Waals surface area contributed by atoms with E-state index >= 15 is 0 Å². The number of carbonyl (C=O) groups excluding carboxylic acids is 1. The number of fused-ring (bicyclic) bond motifs is 1. The molecule has 2 N–H and O–H groups in total. The van der Waals surface area contributed by atoms with E-state index in [2.05, 4.69) is 16.3 Å². The number of aliphatic hydroxyl groups is 1. The highest BCUT2D eigenvalue weighted by atomic mass is 35.5. The van der Waals surface area contributed by atoms with Gasteiger partial charge in [0.2, 0.25) is 0 Å². The molecule has 2 aromatic carbocycles. The zero-order valence-electron chi connectivity index (χ0n) is 17.1. The van der Waals surface area contributed by atoms with Gasteiger partial charge in [-0.3, -0.25) is 9.69 Å². The summed E-state index contributed by atoms with van der Waals surface area (Å²) >= 11 is 6.31. The molecule has 0 spiro atoms. The maximum atomic E-state index is 13.4. The Morgan fingerprint density at radius 2 is 1.67 bits per heavy atom. The topological polar surface area (TPSA) is 52.6 Å². The Bertz CT molecular complexity index is 902. The second-order valence-electron chi connectivity index (χ2n) is 9.23. The highest BCUT2D eigenvalue weighted by molar-refractivity contribution is 6.31. The molecule has 3 fully saturated rings. The van der Waals surface area contributed by atoms with E-state index in [1.54, 1.807) is 0 Å². The predicted molar refractivity (Wildman–Crippen MR) is 118 cm³/mol. The molecule has 1 amide bonds. The Morgan fingerprint density at radius 1 is 1.03 bits per heavy atom. The summed E-state index contributed by atoms with van der Waals surface area (Å²) in [6.45, 7) is 2.78. The fraction of sp³-hybridized carbons (Fsp3) is 0.480. The first-order valence-corrected chi connectivity index (χ1v) is 11.5. The van der Waals surface area contributed by atoms with Crippen LogP contribution in [0.25, 0.3) is 0 Å². The summed E-state index contributed by atoms with van der Waals surface area (Å²) in [5, 5.41) is 15.7. The Balaban J connectivity index is 1.24. The van der Waals surface area contributed by atoms with Crippen molar-refractivity contribution in [2.24, 2.45) is 17.8 Å². The van der Waals surface area contributed by atoms with Gasteiger partial charge in [-0.05, 0) is 41.9 Å². The van der Waals surface area contributed by atoms with E-state index in [-0.39, 0.29) is 17.9 Å². The lowest BCUT2D eigenvalue weighted by molar-refractivity contribution is -0.147. The molecule has 1 aliphatic heterocycles. The van der Waals surface area contributed by atoms with Crippen molar-refractivity contribution < 1.29 is 9.90 Å². The summed E-state index contributed by atoms with van der Waals surface area (Å²) < 4.78 is 0. The number of amides is 1. The van der Waals surface area contributed by atoms with Gasteiger partial charge in [0.25, 0.3) is 5.91 Å². The SMILES string of the molecule is O=C(NC1[C@H]2CN(Cc3ccccc3Cl)C[C@@H]12)C(O)(c1ccccc1)C1CCCC1. The molecule has 158 valence electrons. The summed E-state index contributed by atoms with van der Waals surface area (Å²) in [5.74, 6) is 0.730. The van der Waals surface area contributed by atoms with Gasteiger partial charge in [0, 0.05) is 36.6 Å². The third kappa shape index (κ3) is 3.55. The molecule has 0 aromatic heterocycles. The van der Waals surface area contributed by atoms with Crippen LogP contribution < -0.4 is 5.32 Å². The summed E-state index contributed by atoms with van der Waals surface area (Å²) in [5.41, 5.74) is 0.451. The number of nitrogens with zero attached hydrogens (tertiary/aromatic N) is 1. The zero-order chi connectivity index (χ0) is 20.7. The van der Waals surface area contributed by atoms with Crippen molar-refractivity contribution in [1.82, 2.24) is 10.2 Å². The van der Waals surface area contributed by atoms with Crippen molar-refractivity contribution in [3.63, 3.8) is 0 Å². The number of piperidine rings is 1. The number of carbonyl (C=O) groups is 1. The molecule has 2 aliphatic carbocycles. The Labute approximate surface area is 183 Å². The van der Waals surface area contributed by atoms with Crippen LogP contribution >= 0.6 is 11.6 Å². The first-order chi connectivity index (χ1) is 14.6. The zero-order valence-corrected chi connectivity index (χ0v) is 17.9. The molecule has 2 aromatic rings. The van der Waals surface area contributed by atoms with Crippen LogP contribution in [-0.2, 0) is 16.9 Å². The minimum atomic E-state index is -1.42. The van der Waals surface area contributed by atoms with E-state index in [0.717, 1.165) is 61.5 Å². The Kier molecular flexibility index (Phi) is 5.34. The number of rotatable bonds is 6. The third-order valence-corrected chi connectivity index (χ3v) is 7.79. The van der Waals surface area contributed by atoms with Gasteiger partial charge in [-0.25, -0.2) is 0 Å². The summed E-state index contributed by atoms with van der Waals surface area (Å²) in [6, 6.07) is 17.7. The fourth-order valence-electron chi connectivity index (χ4n) is 5.67. The first kappa shape index (κ1) is 20.0. The molecule has 2 unspecified atom stereocenters. The van der Waals surface area contributed by atoms with Crippen LogP contribution in [0.5, 0.6) is 0 Å². The molecule has 0 bridgehead atoms. The van der Waals surface area contributed by atoms with Crippen molar-refractivity contribution >= 4 is 17.5 Å². The lowest BCUT2D eigenvalue weighted by Crippen LogP contribution is -2.50. The van der Waals surface area contributed by atoms with E-state index in [0.29, 0.717) is 11.8 Å². The van der Waals surface area contributed by atoms with Gasteiger partial charge in [0.15, 0.2) is 5.60 Å². The molecular weight excluding hydrogens is 396 g/mol. The largest absolute Gasteiger partial charge is 0.375 e. The fourth-order valence-corrected chi connectivity index (χ4v) is 5.87. The average Bonchev–Trinajstić information content (AvgIpc) is 3.18. The molecule has 4 nitrogen and oxygen atoms in total. The molecule has 1 saturated heterocycles. The van der Waals surface area contributed by atoms with E-state index < -0.39 is 5.60 Å². The Morgan fingerprint density at radius 3 is 2.33 bits per heavy atom.